The Hall–Kier alpha value is -4.26. The largest absolute Gasteiger partial charge is 0.534 e. The number of aliphatic hydroxyl groups excluding tert-OH is 1. The van der Waals surface area contributed by atoms with Crippen molar-refractivity contribution in [2.45, 2.75) is 68.2 Å². The van der Waals surface area contributed by atoms with Crippen molar-refractivity contribution in [1.82, 2.24) is 10.2 Å². The maximum Gasteiger partial charge on any atom is 0.319 e. The number of nitrogens with zero attached hydrogens (tertiary/aromatic N) is 1. The first kappa shape index (κ1) is 40.4. The second kappa shape index (κ2) is 17.7. The number of aliphatic hydroxyl groups is 1. The molecule has 5 aromatic rings. The van der Waals surface area contributed by atoms with Gasteiger partial charge in [0, 0.05) is 19.6 Å². The van der Waals surface area contributed by atoms with Gasteiger partial charge in [-0.15, -0.1) is 11.3 Å². The number of piperidine rings is 1. The van der Waals surface area contributed by atoms with E-state index in [0.29, 0.717) is 56.1 Å². The van der Waals surface area contributed by atoms with Gasteiger partial charge in [0.25, 0.3) is 5.91 Å². The van der Waals surface area contributed by atoms with Crippen LogP contribution >= 0.6 is 11.3 Å². The molecule has 0 radical (unpaired) electrons. The number of amides is 1. The van der Waals surface area contributed by atoms with Gasteiger partial charge in [-0.3, -0.25) is 4.79 Å². The summed E-state index contributed by atoms with van der Waals surface area (Å²) in [6.45, 7) is 10.7. The highest BCUT2D eigenvalue weighted by Gasteiger charge is 2.52. The van der Waals surface area contributed by atoms with Gasteiger partial charge in [0.05, 0.1) is 15.0 Å². The molecule has 1 unspecified atom stereocenters. The van der Waals surface area contributed by atoms with Crippen molar-refractivity contribution in [3.63, 3.8) is 0 Å². The zero-order valence-corrected chi connectivity index (χ0v) is 34.7. The predicted molar refractivity (Wildman–Crippen MR) is 224 cm³/mol. The van der Waals surface area contributed by atoms with E-state index in [4.69, 9.17) is 9.16 Å². The number of carbonyl (C=O) groups excluding carboxylic acids is 1. The highest BCUT2D eigenvalue weighted by Crippen LogP contribution is 2.38. The molecule has 1 saturated heterocycles. The van der Waals surface area contributed by atoms with Crippen molar-refractivity contribution in [2.24, 2.45) is 0 Å². The minimum absolute atomic E-state index is 0.00936. The summed E-state index contributed by atoms with van der Waals surface area (Å²) >= 11 is 1.43. The lowest BCUT2D eigenvalue weighted by molar-refractivity contribution is 0.0730. The standard InChI is InChI=1S/C44H52N2O6S2Si/c1-33-26-30-53-42(33)43(48)46-28-24-39(25-29-46)54(49,50)38-21-15-34(16-22-38)23-27-45-31-35(47)32-51-36-17-19-37(20-18-36)52-55(44(2,3)4,40-11-7-5-8-12-40)41-13-9-6-10-14-41/h5-22,26,30,35,39,45,47H,23-25,27-29,31-32H2,1-4H3. The number of rotatable bonds is 15. The Morgan fingerprint density at radius 1 is 0.873 bits per heavy atom. The monoisotopic (exact) mass is 796 g/mol. The lowest BCUT2D eigenvalue weighted by Crippen LogP contribution is -2.68. The van der Waals surface area contributed by atoms with Crippen LogP contribution in [0.1, 0.15) is 54.4 Å². The molecule has 4 aromatic carbocycles. The summed E-state index contributed by atoms with van der Waals surface area (Å²) in [6.07, 6.45) is 0.831. The Labute approximate surface area is 331 Å². The fraction of sp³-hybridized carbons (Fsp3) is 0.341. The number of carbonyl (C=O) groups is 1. The van der Waals surface area contributed by atoms with Gasteiger partial charge in [0.2, 0.25) is 0 Å². The fourth-order valence-corrected chi connectivity index (χ4v) is 14.4. The third kappa shape index (κ3) is 9.41. The van der Waals surface area contributed by atoms with E-state index in [1.165, 1.54) is 21.7 Å². The molecule has 1 aromatic heterocycles. The Morgan fingerprint density at radius 3 is 2.00 bits per heavy atom. The maximum atomic E-state index is 13.4. The zero-order chi connectivity index (χ0) is 39.1. The molecular formula is C44H52N2O6S2Si. The lowest BCUT2D eigenvalue weighted by atomic mass is 10.1. The van der Waals surface area contributed by atoms with Crippen molar-refractivity contribution in [2.75, 3.05) is 32.8 Å². The van der Waals surface area contributed by atoms with Gasteiger partial charge in [-0.05, 0) is 107 Å². The SMILES string of the molecule is Cc1ccsc1C(=O)N1CCC(S(=O)(=O)c2ccc(CCNCC(O)COc3ccc(O[Si](c4ccccc4)(c4ccccc4)C(C)(C)C)cc3)cc2)CC1. The van der Waals surface area contributed by atoms with Crippen LogP contribution in [0.15, 0.2) is 126 Å². The molecule has 55 heavy (non-hydrogen) atoms. The Bertz CT molecular complexity index is 2050. The van der Waals surface area contributed by atoms with E-state index in [-0.39, 0.29) is 17.6 Å². The van der Waals surface area contributed by atoms with E-state index in [9.17, 15) is 18.3 Å². The zero-order valence-electron chi connectivity index (χ0n) is 32.1. The Balaban J connectivity index is 0.949. The topological polar surface area (TPSA) is 105 Å². The molecule has 2 heterocycles. The molecule has 1 fully saturated rings. The van der Waals surface area contributed by atoms with E-state index in [2.05, 4.69) is 74.6 Å². The third-order valence-electron chi connectivity index (χ3n) is 10.4. The Kier molecular flexibility index (Phi) is 13.0. The van der Waals surface area contributed by atoms with Gasteiger partial charge in [-0.1, -0.05) is 93.6 Å². The molecule has 8 nitrogen and oxygen atoms in total. The number of sulfone groups is 1. The van der Waals surface area contributed by atoms with E-state index >= 15 is 0 Å². The second-order valence-electron chi connectivity index (χ2n) is 15.3. The van der Waals surface area contributed by atoms with Crippen LogP contribution in [0, 0.1) is 6.92 Å². The number of hydrogen-bond acceptors (Lipinski definition) is 8. The third-order valence-corrected chi connectivity index (χ3v) is 18.6. The number of likely N-dealkylation sites (tertiary alicyclic amines) is 1. The van der Waals surface area contributed by atoms with Crippen molar-refractivity contribution >= 4 is 45.8 Å². The summed E-state index contributed by atoms with van der Waals surface area (Å²) in [5.41, 5.74) is 1.96. The molecule has 0 aliphatic carbocycles. The molecule has 0 bridgehead atoms. The van der Waals surface area contributed by atoms with E-state index < -0.39 is 29.5 Å². The highest BCUT2D eigenvalue weighted by atomic mass is 32.2. The van der Waals surface area contributed by atoms with Gasteiger partial charge in [-0.25, -0.2) is 8.42 Å². The smallest absolute Gasteiger partial charge is 0.319 e. The van der Waals surface area contributed by atoms with Crippen LogP contribution in [0.4, 0.5) is 0 Å². The summed E-state index contributed by atoms with van der Waals surface area (Å²) in [7, 11) is -6.25. The van der Waals surface area contributed by atoms with Crippen molar-refractivity contribution < 1.29 is 27.5 Å². The molecule has 1 atom stereocenters. The summed E-state index contributed by atoms with van der Waals surface area (Å²) in [4.78, 5) is 15.7. The predicted octanol–water partition coefficient (Wildman–Crippen LogP) is 6.65. The van der Waals surface area contributed by atoms with Crippen LogP contribution in [-0.2, 0) is 16.3 Å². The maximum absolute atomic E-state index is 13.4. The van der Waals surface area contributed by atoms with Gasteiger partial charge >= 0.3 is 8.32 Å². The van der Waals surface area contributed by atoms with Crippen LogP contribution in [-0.4, -0.2) is 76.8 Å². The first-order chi connectivity index (χ1) is 26.4. The van der Waals surface area contributed by atoms with E-state index in [1.807, 2.05) is 66.9 Å². The first-order valence-electron chi connectivity index (χ1n) is 19.0. The summed E-state index contributed by atoms with van der Waals surface area (Å²) in [5, 5.41) is 17.6. The molecule has 0 saturated carbocycles. The molecular weight excluding hydrogens is 745 g/mol. The van der Waals surface area contributed by atoms with Crippen molar-refractivity contribution in [3.8, 4) is 11.5 Å². The second-order valence-corrected chi connectivity index (χ2v) is 22.6. The van der Waals surface area contributed by atoms with Crippen LogP contribution in [0.25, 0.3) is 0 Å². The molecule has 0 spiro atoms. The van der Waals surface area contributed by atoms with Crippen molar-refractivity contribution in [3.05, 3.63) is 137 Å². The van der Waals surface area contributed by atoms with E-state index in [1.54, 1.807) is 17.0 Å². The average molecular weight is 797 g/mol. The van der Waals surface area contributed by atoms with Crippen LogP contribution in [0.2, 0.25) is 5.04 Å². The number of nitrogens with one attached hydrogen (secondary N) is 1. The van der Waals surface area contributed by atoms with Gasteiger partial charge in [0.1, 0.15) is 24.2 Å². The molecule has 1 aliphatic heterocycles. The molecule has 6 rings (SSSR count). The van der Waals surface area contributed by atoms with Crippen LogP contribution in [0.3, 0.4) is 0 Å². The normalized spacial score (nSPS) is 14.7. The van der Waals surface area contributed by atoms with E-state index in [0.717, 1.165) is 21.8 Å². The molecule has 290 valence electrons. The number of benzene rings is 4. The quantitative estimate of drug-likeness (QED) is 0.0904. The molecule has 1 aliphatic rings. The van der Waals surface area contributed by atoms with Crippen LogP contribution in [0.5, 0.6) is 11.5 Å². The highest BCUT2D eigenvalue weighted by molar-refractivity contribution is 7.92. The molecule has 1 amide bonds. The average Bonchev–Trinajstić information content (AvgIpc) is 3.64. The number of ether oxygens (including phenoxy) is 1. The summed E-state index contributed by atoms with van der Waals surface area (Å²) < 4.78 is 39.8. The Morgan fingerprint density at radius 2 is 1.45 bits per heavy atom. The van der Waals surface area contributed by atoms with Gasteiger partial charge in [-0.2, -0.15) is 0 Å². The lowest BCUT2D eigenvalue weighted by Gasteiger charge is -2.43. The van der Waals surface area contributed by atoms with Gasteiger partial charge < -0.3 is 24.5 Å². The van der Waals surface area contributed by atoms with Crippen LogP contribution < -0.4 is 24.9 Å². The summed E-state index contributed by atoms with van der Waals surface area (Å²) in [6, 6.07) is 37.7. The van der Waals surface area contributed by atoms with Crippen molar-refractivity contribution in [1.29, 1.82) is 0 Å². The fourth-order valence-electron chi connectivity index (χ4n) is 7.33. The van der Waals surface area contributed by atoms with Gasteiger partial charge in [0.15, 0.2) is 9.84 Å². The number of thiophene rings is 1. The minimum Gasteiger partial charge on any atom is -0.534 e. The molecule has 2 N–H and O–H groups in total. The number of aryl methyl sites for hydroxylation is 1. The molecule has 11 heteroatoms. The first-order valence-corrected chi connectivity index (χ1v) is 23.3. The minimum atomic E-state index is -3.50. The number of hydrogen-bond donors (Lipinski definition) is 2. The summed E-state index contributed by atoms with van der Waals surface area (Å²) in [5.74, 6) is 1.41.